The van der Waals surface area contributed by atoms with Crippen LogP contribution in [0.2, 0.25) is 0 Å². The molecule has 0 unspecified atom stereocenters. The number of rotatable bonds is 47. The summed E-state index contributed by atoms with van der Waals surface area (Å²) in [5.41, 5.74) is 0. The van der Waals surface area contributed by atoms with Gasteiger partial charge in [0.15, 0.2) is 6.10 Å². The number of hydrogen-bond acceptors (Lipinski definition) is 6. The van der Waals surface area contributed by atoms with Crippen molar-refractivity contribution >= 4 is 17.9 Å². The second-order valence-electron chi connectivity index (χ2n) is 19.9. The minimum absolute atomic E-state index is 0.0648. The summed E-state index contributed by atoms with van der Waals surface area (Å²) < 4.78 is 16.8. The Kier molecular flexibility index (Phi) is 44.2. The number of hydrogen-bond donors (Lipinski definition) is 0. The predicted octanol–water partition coefficient (Wildman–Crippen LogP) is 17.2. The summed E-state index contributed by atoms with van der Waals surface area (Å²) in [6, 6.07) is 0. The van der Waals surface area contributed by atoms with E-state index in [4.69, 9.17) is 14.2 Å². The minimum Gasteiger partial charge on any atom is -0.462 e. The molecule has 6 nitrogen and oxygen atoms in total. The number of carbonyl (C=O) groups excluding carboxylic acids is 3. The number of unbranched alkanes of at least 4 members (excludes halogenated alkanes) is 30. The summed E-state index contributed by atoms with van der Waals surface area (Å²) in [5, 5.41) is 0. The van der Waals surface area contributed by atoms with Crippen LogP contribution in [-0.4, -0.2) is 37.2 Å². The molecule has 0 aliphatic rings. The lowest BCUT2D eigenvalue weighted by Gasteiger charge is -2.18. The lowest BCUT2D eigenvalue weighted by molar-refractivity contribution is -0.167. The van der Waals surface area contributed by atoms with Crippen molar-refractivity contribution in [3.63, 3.8) is 0 Å². The van der Waals surface area contributed by atoms with Crippen LogP contribution in [0, 0.1) is 17.8 Å². The largest absolute Gasteiger partial charge is 0.462 e. The molecule has 0 amide bonds. The van der Waals surface area contributed by atoms with Gasteiger partial charge in [0.2, 0.25) is 0 Å². The highest BCUT2D eigenvalue weighted by Gasteiger charge is 2.19. The Morgan fingerprint density at radius 3 is 0.717 bits per heavy atom. The molecule has 0 saturated heterocycles. The van der Waals surface area contributed by atoms with E-state index in [1.165, 1.54) is 173 Å². The average Bonchev–Trinajstić information content (AvgIpc) is 3.20. The van der Waals surface area contributed by atoms with E-state index >= 15 is 0 Å². The van der Waals surface area contributed by atoms with Gasteiger partial charge in [0.05, 0.1) is 0 Å². The molecule has 0 N–H and O–H groups in total. The Hall–Kier alpha value is -1.59. The van der Waals surface area contributed by atoms with E-state index in [9.17, 15) is 14.4 Å². The van der Waals surface area contributed by atoms with Crippen LogP contribution >= 0.6 is 0 Å². The second-order valence-corrected chi connectivity index (χ2v) is 19.9. The molecule has 6 heteroatoms. The molecular weight excluding hydrogens is 745 g/mol. The summed E-state index contributed by atoms with van der Waals surface area (Å²) in [7, 11) is 0. The summed E-state index contributed by atoms with van der Waals surface area (Å²) in [6.07, 6.45) is 45.3. The third kappa shape index (κ3) is 47.5. The van der Waals surface area contributed by atoms with Gasteiger partial charge >= 0.3 is 17.9 Å². The summed E-state index contributed by atoms with van der Waals surface area (Å²) in [5.74, 6) is 1.61. The van der Waals surface area contributed by atoms with Crippen LogP contribution in [0.4, 0.5) is 0 Å². The lowest BCUT2D eigenvalue weighted by Crippen LogP contribution is -2.30. The van der Waals surface area contributed by atoms with Gasteiger partial charge in [-0.15, -0.1) is 0 Å². The van der Waals surface area contributed by atoms with Gasteiger partial charge in [-0.3, -0.25) is 14.4 Å². The lowest BCUT2D eigenvalue weighted by atomic mass is 10.0. The van der Waals surface area contributed by atoms with E-state index in [1.54, 1.807) is 0 Å². The Labute approximate surface area is 374 Å². The number of ether oxygens (including phenoxy) is 3. The molecule has 0 aromatic rings. The summed E-state index contributed by atoms with van der Waals surface area (Å²) in [6.45, 7) is 13.7. The van der Waals surface area contributed by atoms with Crippen molar-refractivity contribution in [2.24, 2.45) is 17.8 Å². The molecule has 0 saturated carbocycles. The predicted molar refractivity (Wildman–Crippen MR) is 256 cm³/mol. The maximum absolute atomic E-state index is 12.8. The maximum Gasteiger partial charge on any atom is 0.306 e. The molecule has 60 heavy (non-hydrogen) atoms. The molecule has 0 aromatic carbocycles. The first-order valence-corrected chi connectivity index (χ1v) is 26.6. The van der Waals surface area contributed by atoms with Crippen molar-refractivity contribution in [1.29, 1.82) is 0 Å². The standard InChI is InChI=1S/C54H104O6/c1-48(2)40-34-28-22-16-12-10-8-7-9-11-13-19-27-33-39-45-54(57)60-51(47-59-53(56)44-38-32-26-21-20-24-30-36-42-50(5)6)46-58-52(55)43-37-31-25-18-15-14-17-23-29-35-41-49(3)4/h48-51H,7-47H2,1-6H3/t51-/m1/s1. The first kappa shape index (κ1) is 58.4. The molecule has 0 aliphatic carbocycles. The van der Waals surface area contributed by atoms with Crippen LogP contribution in [0.3, 0.4) is 0 Å². The van der Waals surface area contributed by atoms with Crippen molar-refractivity contribution in [3.05, 3.63) is 0 Å². The van der Waals surface area contributed by atoms with E-state index in [0.717, 1.165) is 75.5 Å². The van der Waals surface area contributed by atoms with Gasteiger partial charge in [0.25, 0.3) is 0 Å². The number of carbonyl (C=O) groups is 3. The molecule has 1 atom stereocenters. The molecular formula is C54H104O6. The average molecular weight is 849 g/mol. The zero-order chi connectivity index (χ0) is 44.2. The highest BCUT2D eigenvalue weighted by molar-refractivity contribution is 5.71. The Balaban J connectivity index is 4.29. The fraction of sp³-hybridized carbons (Fsp3) is 0.944. The van der Waals surface area contributed by atoms with Crippen LogP contribution in [0.15, 0.2) is 0 Å². The van der Waals surface area contributed by atoms with Crippen LogP contribution < -0.4 is 0 Å². The first-order valence-electron chi connectivity index (χ1n) is 26.6. The van der Waals surface area contributed by atoms with Crippen LogP contribution in [0.1, 0.15) is 292 Å². The fourth-order valence-electron chi connectivity index (χ4n) is 8.12. The molecule has 0 fully saturated rings. The van der Waals surface area contributed by atoms with E-state index in [0.29, 0.717) is 19.3 Å². The highest BCUT2D eigenvalue weighted by atomic mass is 16.6. The van der Waals surface area contributed by atoms with E-state index in [2.05, 4.69) is 41.5 Å². The van der Waals surface area contributed by atoms with Crippen molar-refractivity contribution in [2.45, 2.75) is 298 Å². The molecule has 0 bridgehead atoms. The monoisotopic (exact) mass is 849 g/mol. The third-order valence-electron chi connectivity index (χ3n) is 12.1. The SMILES string of the molecule is CC(C)CCCCCCCCCCCCCCCCCC(=O)O[C@H](COC(=O)CCCCCCCCCCCCC(C)C)COC(=O)CCCCCCCCCCC(C)C. The van der Waals surface area contributed by atoms with E-state index in [1.807, 2.05) is 0 Å². The van der Waals surface area contributed by atoms with Gasteiger partial charge in [0.1, 0.15) is 13.2 Å². The van der Waals surface area contributed by atoms with Crippen LogP contribution in [0.5, 0.6) is 0 Å². The summed E-state index contributed by atoms with van der Waals surface area (Å²) in [4.78, 5) is 38.0. The molecule has 0 aromatic heterocycles. The maximum atomic E-state index is 12.8. The molecule has 0 aliphatic heterocycles. The van der Waals surface area contributed by atoms with Gasteiger partial charge in [0, 0.05) is 19.3 Å². The Morgan fingerprint density at radius 1 is 0.283 bits per heavy atom. The molecule has 0 radical (unpaired) electrons. The summed E-state index contributed by atoms with van der Waals surface area (Å²) >= 11 is 0. The van der Waals surface area contributed by atoms with Gasteiger partial charge in [-0.1, -0.05) is 253 Å². The fourth-order valence-corrected chi connectivity index (χ4v) is 8.12. The van der Waals surface area contributed by atoms with Gasteiger partial charge < -0.3 is 14.2 Å². The van der Waals surface area contributed by atoms with Crippen LogP contribution in [0.25, 0.3) is 0 Å². The van der Waals surface area contributed by atoms with Crippen molar-refractivity contribution in [1.82, 2.24) is 0 Å². The van der Waals surface area contributed by atoms with Crippen molar-refractivity contribution in [2.75, 3.05) is 13.2 Å². The number of esters is 3. The molecule has 0 rings (SSSR count). The minimum atomic E-state index is -0.763. The quantitative estimate of drug-likeness (QED) is 0.0345. The third-order valence-corrected chi connectivity index (χ3v) is 12.1. The zero-order valence-corrected chi connectivity index (χ0v) is 41.3. The van der Waals surface area contributed by atoms with Crippen LogP contribution in [-0.2, 0) is 28.6 Å². The van der Waals surface area contributed by atoms with Crippen molar-refractivity contribution < 1.29 is 28.6 Å². The van der Waals surface area contributed by atoms with Gasteiger partial charge in [-0.25, -0.2) is 0 Å². The smallest absolute Gasteiger partial charge is 0.306 e. The normalized spacial score (nSPS) is 12.2. The molecule has 0 spiro atoms. The van der Waals surface area contributed by atoms with Gasteiger partial charge in [-0.2, -0.15) is 0 Å². The van der Waals surface area contributed by atoms with E-state index < -0.39 is 6.10 Å². The zero-order valence-electron chi connectivity index (χ0n) is 41.3. The Bertz CT molecular complexity index is 929. The second kappa shape index (κ2) is 45.4. The molecule has 0 heterocycles. The topological polar surface area (TPSA) is 78.9 Å². The van der Waals surface area contributed by atoms with E-state index in [-0.39, 0.29) is 31.1 Å². The van der Waals surface area contributed by atoms with Crippen molar-refractivity contribution in [3.8, 4) is 0 Å². The Morgan fingerprint density at radius 2 is 0.483 bits per heavy atom. The molecule has 356 valence electrons. The highest BCUT2D eigenvalue weighted by Crippen LogP contribution is 2.18. The van der Waals surface area contributed by atoms with Gasteiger partial charge in [-0.05, 0) is 37.0 Å². The first-order chi connectivity index (χ1) is 29.1.